The van der Waals surface area contributed by atoms with Gasteiger partial charge in [0.1, 0.15) is 0 Å². The van der Waals surface area contributed by atoms with E-state index in [0.717, 1.165) is 18.5 Å². The molecule has 1 aromatic rings. The molecule has 1 aromatic carbocycles. The fourth-order valence-electron chi connectivity index (χ4n) is 2.34. The standard InChI is InChI=1S/C15H23N/c1-3-16-15(14-9-10-14)11-8-13-6-4-12(2)5-7-13/h4-7,14-16H,3,8-11H2,1-2H3. The van der Waals surface area contributed by atoms with Crippen LogP contribution < -0.4 is 5.32 Å². The molecule has 16 heavy (non-hydrogen) atoms. The summed E-state index contributed by atoms with van der Waals surface area (Å²) >= 11 is 0. The van der Waals surface area contributed by atoms with Gasteiger partial charge < -0.3 is 5.32 Å². The maximum atomic E-state index is 3.63. The van der Waals surface area contributed by atoms with E-state index in [2.05, 4.69) is 43.4 Å². The highest BCUT2D eigenvalue weighted by molar-refractivity contribution is 5.21. The van der Waals surface area contributed by atoms with Crippen molar-refractivity contribution in [2.24, 2.45) is 5.92 Å². The van der Waals surface area contributed by atoms with E-state index in [1.54, 1.807) is 0 Å². The van der Waals surface area contributed by atoms with Crippen LogP contribution in [0.15, 0.2) is 24.3 Å². The van der Waals surface area contributed by atoms with Crippen molar-refractivity contribution in [1.29, 1.82) is 0 Å². The Balaban J connectivity index is 1.82. The molecule has 1 atom stereocenters. The van der Waals surface area contributed by atoms with Crippen LogP contribution in [0.4, 0.5) is 0 Å². The molecule has 0 saturated heterocycles. The predicted molar refractivity (Wildman–Crippen MR) is 69.7 cm³/mol. The zero-order valence-electron chi connectivity index (χ0n) is 10.5. The Hall–Kier alpha value is -0.820. The maximum absolute atomic E-state index is 3.63. The van der Waals surface area contributed by atoms with Gasteiger partial charge in [0.15, 0.2) is 0 Å². The van der Waals surface area contributed by atoms with Crippen LogP contribution in [-0.4, -0.2) is 12.6 Å². The lowest BCUT2D eigenvalue weighted by molar-refractivity contribution is 0.446. The first-order valence-corrected chi connectivity index (χ1v) is 6.58. The van der Waals surface area contributed by atoms with Gasteiger partial charge in [0, 0.05) is 6.04 Å². The number of hydrogen-bond donors (Lipinski definition) is 1. The minimum Gasteiger partial charge on any atom is -0.314 e. The number of rotatable bonds is 6. The van der Waals surface area contributed by atoms with Crippen LogP contribution in [0, 0.1) is 12.8 Å². The van der Waals surface area contributed by atoms with E-state index >= 15 is 0 Å². The molecule has 0 spiro atoms. The van der Waals surface area contributed by atoms with Crippen molar-refractivity contribution in [3.05, 3.63) is 35.4 Å². The number of nitrogens with one attached hydrogen (secondary N) is 1. The Morgan fingerprint density at radius 3 is 2.50 bits per heavy atom. The van der Waals surface area contributed by atoms with E-state index in [-0.39, 0.29) is 0 Å². The van der Waals surface area contributed by atoms with Crippen molar-refractivity contribution in [3.8, 4) is 0 Å². The van der Waals surface area contributed by atoms with Gasteiger partial charge in [0.2, 0.25) is 0 Å². The zero-order valence-corrected chi connectivity index (χ0v) is 10.5. The molecule has 0 aliphatic heterocycles. The zero-order chi connectivity index (χ0) is 11.4. The Labute approximate surface area is 99.3 Å². The molecular weight excluding hydrogens is 194 g/mol. The molecule has 1 heteroatoms. The highest BCUT2D eigenvalue weighted by Crippen LogP contribution is 2.34. The Morgan fingerprint density at radius 1 is 1.25 bits per heavy atom. The first kappa shape index (κ1) is 11.7. The average Bonchev–Trinajstić information content (AvgIpc) is 3.10. The van der Waals surface area contributed by atoms with Crippen LogP contribution in [0.3, 0.4) is 0 Å². The molecule has 0 heterocycles. The number of benzene rings is 1. The van der Waals surface area contributed by atoms with Crippen molar-refractivity contribution in [2.45, 2.75) is 45.6 Å². The topological polar surface area (TPSA) is 12.0 Å². The quantitative estimate of drug-likeness (QED) is 0.771. The fraction of sp³-hybridized carbons (Fsp3) is 0.600. The first-order valence-electron chi connectivity index (χ1n) is 6.58. The van der Waals surface area contributed by atoms with Crippen LogP contribution in [0.1, 0.15) is 37.3 Å². The summed E-state index contributed by atoms with van der Waals surface area (Å²) in [5.41, 5.74) is 2.84. The van der Waals surface area contributed by atoms with Crippen LogP contribution in [0.2, 0.25) is 0 Å². The molecular formula is C15H23N. The smallest absolute Gasteiger partial charge is 0.00983 e. The summed E-state index contributed by atoms with van der Waals surface area (Å²) in [5.74, 6) is 0.963. The molecule has 1 aliphatic rings. The van der Waals surface area contributed by atoms with Crippen LogP contribution in [0.25, 0.3) is 0 Å². The Kier molecular flexibility index (Phi) is 4.00. The maximum Gasteiger partial charge on any atom is 0.00983 e. The lowest BCUT2D eigenvalue weighted by Crippen LogP contribution is -2.31. The molecule has 1 unspecified atom stereocenters. The van der Waals surface area contributed by atoms with Crippen LogP contribution in [0.5, 0.6) is 0 Å². The predicted octanol–water partition coefficient (Wildman–Crippen LogP) is 3.32. The molecule has 88 valence electrons. The first-order chi connectivity index (χ1) is 7.79. The van der Waals surface area contributed by atoms with E-state index in [1.807, 2.05) is 0 Å². The van der Waals surface area contributed by atoms with Gasteiger partial charge in [-0.15, -0.1) is 0 Å². The van der Waals surface area contributed by atoms with Gasteiger partial charge in [0.05, 0.1) is 0 Å². The lowest BCUT2D eigenvalue weighted by atomic mass is 10.0. The molecule has 1 fully saturated rings. The minimum absolute atomic E-state index is 0.756. The van der Waals surface area contributed by atoms with E-state index in [0.29, 0.717) is 0 Å². The second-order valence-electron chi connectivity index (χ2n) is 5.03. The van der Waals surface area contributed by atoms with E-state index in [1.165, 1.54) is 36.8 Å². The summed E-state index contributed by atoms with van der Waals surface area (Å²) < 4.78 is 0. The third kappa shape index (κ3) is 3.34. The molecule has 0 radical (unpaired) electrons. The largest absolute Gasteiger partial charge is 0.314 e. The number of aryl methyl sites for hydroxylation is 2. The molecule has 0 aromatic heterocycles. The summed E-state index contributed by atoms with van der Waals surface area (Å²) in [6, 6.07) is 9.73. The highest BCUT2D eigenvalue weighted by Gasteiger charge is 2.29. The van der Waals surface area contributed by atoms with Crippen LogP contribution in [-0.2, 0) is 6.42 Å². The molecule has 1 nitrogen and oxygen atoms in total. The van der Waals surface area contributed by atoms with Crippen LogP contribution >= 0.6 is 0 Å². The molecule has 2 rings (SSSR count). The second kappa shape index (κ2) is 5.49. The van der Waals surface area contributed by atoms with Crippen molar-refractivity contribution in [1.82, 2.24) is 5.32 Å². The van der Waals surface area contributed by atoms with Gasteiger partial charge in [-0.25, -0.2) is 0 Å². The third-order valence-electron chi connectivity index (χ3n) is 3.52. The normalized spacial score (nSPS) is 17.4. The van der Waals surface area contributed by atoms with Crippen molar-refractivity contribution in [3.63, 3.8) is 0 Å². The van der Waals surface area contributed by atoms with Gasteiger partial charge in [0.25, 0.3) is 0 Å². The van der Waals surface area contributed by atoms with Crippen molar-refractivity contribution < 1.29 is 0 Å². The van der Waals surface area contributed by atoms with Crippen molar-refractivity contribution >= 4 is 0 Å². The summed E-state index contributed by atoms with van der Waals surface area (Å²) in [7, 11) is 0. The summed E-state index contributed by atoms with van der Waals surface area (Å²) in [6.07, 6.45) is 5.38. The third-order valence-corrected chi connectivity index (χ3v) is 3.52. The molecule has 0 bridgehead atoms. The van der Waals surface area contributed by atoms with E-state index in [9.17, 15) is 0 Å². The monoisotopic (exact) mass is 217 g/mol. The summed E-state index contributed by atoms with van der Waals surface area (Å²) in [5, 5.41) is 3.63. The SMILES string of the molecule is CCNC(CCc1ccc(C)cc1)C1CC1. The van der Waals surface area contributed by atoms with Gasteiger partial charge in [-0.2, -0.15) is 0 Å². The van der Waals surface area contributed by atoms with Gasteiger partial charge in [-0.1, -0.05) is 36.8 Å². The summed E-state index contributed by atoms with van der Waals surface area (Å²) in [4.78, 5) is 0. The lowest BCUT2D eigenvalue weighted by Gasteiger charge is -2.17. The van der Waals surface area contributed by atoms with E-state index < -0.39 is 0 Å². The highest BCUT2D eigenvalue weighted by atomic mass is 14.9. The number of hydrogen-bond acceptors (Lipinski definition) is 1. The van der Waals surface area contributed by atoms with Gasteiger partial charge in [-0.3, -0.25) is 0 Å². The second-order valence-corrected chi connectivity index (χ2v) is 5.03. The average molecular weight is 217 g/mol. The van der Waals surface area contributed by atoms with Gasteiger partial charge >= 0.3 is 0 Å². The van der Waals surface area contributed by atoms with Gasteiger partial charge in [-0.05, 0) is 50.6 Å². The molecule has 1 saturated carbocycles. The fourth-order valence-corrected chi connectivity index (χ4v) is 2.34. The Morgan fingerprint density at radius 2 is 1.94 bits per heavy atom. The molecule has 0 amide bonds. The molecule has 1 aliphatic carbocycles. The van der Waals surface area contributed by atoms with Crippen molar-refractivity contribution in [2.75, 3.05) is 6.54 Å². The molecule has 1 N–H and O–H groups in total. The Bertz CT molecular complexity index is 311. The summed E-state index contributed by atoms with van der Waals surface area (Å²) in [6.45, 7) is 5.46. The van der Waals surface area contributed by atoms with E-state index in [4.69, 9.17) is 0 Å². The minimum atomic E-state index is 0.756.